The Morgan fingerprint density at radius 1 is 1.42 bits per heavy atom. The number of hydrogen-bond acceptors (Lipinski definition) is 3. The molecule has 0 aliphatic carbocycles. The summed E-state index contributed by atoms with van der Waals surface area (Å²) < 4.78 is 1.86. The number of fused-ring (bicyclic) bond motifs is 1. The van der Waals surface area contributed by atoms with Gasteiger partial charge in [0.1, 0.15) is 0 Å². The van der Waals surface area contributed by atoms with Gasteiger partial charge in [0.25, 0.3) is 0 Å². The van der Waals surface area contributed by atoms with E-state index in [-0.39, 0.29) is 12.1 Å². The summed E-state index contributed by atoms with van der Waals surface area (Å²) in [6.07, 6.45) is 3.90. The summed E-state index contributed by atoms with van der Waals surface area (Å²) in [6, 6.07) is 5.69. The minimum Gasteiger partial charge on any atom is -0.336 e. The summed E-state index contributed by atoms with van der Waals surface area (Å²) in [6.45, 7) is 4.45. The minimum absolute atomic E-state index is 0.173. The van der Waals surface area contributed by atoms with E-state index in [4.69, 9.17) is 0 Å². The number of pyridine rings is 1. The van der Waals surface area contributed by atoms with Crippen LogP contribution in [0.3, 0.4) is 0 Å². The Bertz CT molecular complexity index is 551. The molecule has 0 bridgehead atoms. The largest absolute Gasteiger partial charge is 0.336 e. The first-order chi connectivity index (χ1) is 9.20. The summed E-state index contributed by atoms with van der Waals surface area (Å²) in [5.41, 5.74) is 0.777. The average Bonchev–Trinajstić information content (AvgIpc) is 2.80. The molecular formula is C13H19N5O. The van der Waals surface area contributed by atoms with Gasteiger partial charge in [0.15, 0.2) is 11.5 Å². The minimum atomic E-state index is -0.173. The molecule has 0 aliphatic rings. The first kappa shape index (κ1) is 13.3. The van der Waals surface area contributed by atoms with Crippen molar-refractivity contribution >= 4 is 11.7 Å². The number of nitrogens with one attached hydrogen (secondary N) is 2. The third kappa shape index (κ3) is 3.43. The molecular weight excluding hydrogens is 242 g/mol. The molecule has 2 heterocycles. The Balaban J connectivity index is 1.90. The van der Waals surface area contributed by atoms with Gasteiger partial charge in [-0.2, -0.15) is 0 Å². The molecule has 6 heteroatoms. The van der Waals surface area contributed by atoms with Crippen LogP contribution in [0.4, 0.5) is 4.79 Å². The van der Waals surface area contributed by atoms with E-state index in [0.29, 0.717) is 12.4 Å². The lowest BCUT2D eigenvalue weighted by Crippen LogP contribution is -2.40. The molecule has 0 saturated carbocycles. The number of carbonyl (C=O) groups excluding carboxylic acids is 1. The lowest BCUT2D eigenvalue weighted by atomic mass is 10.2. The van der Waals surface area contributed by atoms with Gasteiger partial charge in [-0.25, -0.2) is 4.79 Å². The molecule has 0 fully saturated rings. The Kier molecular flexibility index (Phi) is 4.33. The van der Waals surface area contributed by atoms with E-state index in [1.165, 1.54) is 0 Å². The number of nitrogens with zero attached hydrogens (tertiary/aromatic N) is 3. The second-order valence-electron chi connectivity index (χ2n) is 4.56. The maximum absolute atomic E-state index is 11.7. The molecule has 0 spiro atoms. The summed E-state index contributed by atoms with van der Waals surface area (Å²) >= 11 is 0. The smallest absolute Gasteiger partial charge is 0.315 e. The lowest BCUT2D eigenvalue weighted by Gasteiger charge is -2.13. The lowest BCUT2D eigenvalue weighted by molar-refractivity contribution is 0.236. The quantitative estimate of drug-likeness (QED) is 0.860. The standard InChI is InChI=1S/C13H19N5O/c1-3-6-10(2)15-13(19)14-9-12-17-16-11-7-4-5-8-18(11)12/h4-5,7-8,10H,3,6,9H2,1-2H3,(H2,14,15,19)/t10-/m1/s1. The van der Waals surface area contributed by atoms with Crippen molar-refractivity contribution in [3.63, 3.8) is 0 Å². The number of hydrogen-bond donors (Lipinski definition) is 2. The van der Waals surface area contributed by atoms with Crippen LogP contribution in [0.25, 0.3) is 5.65 Å². The molecule has 6 nitrogen and oxygen atoms in total. The highest BCUT2D eigenvalue weighted by atomic mass is 16.2. The molecule has 2 rings (SSSR count). The molecule has 0 radical (unpaired) electrons. The molecule has 0 saturated heterocycles. The van der Waals surface area contributed by atoms with Crippen molar-refractivity contribution in [1.29, 1.82) is 0 Å². The topological polar surface area (TPSA) is 71.3 Å². The number of aromatic nitrogens is 3. The first-order valence-electron chi connectivity index (χ1n) is 6.53. The van der Waals surface area contributed by atoms with E-state index >= 15 is 0 Å². The normalized spacial score (nSPS) is 12.3. The van der Waals surface area contributed by atoms with E-state index in [1.807, 2.05) is 35.7 Å². The molecule has 1 atom stereocenters. The maximum atomic E-state index is 11.7. The van der Waals surface area contributed by atoms with Crippen LogP contribution < -0.4 is 10.6 Å². The number of rotatable bonds is 5. The van der Waals surface area contributed by atoms with Crippen LogP contribution in [-0.4, -0.2) is 26.7 Å². The summed E-state index contributed by atoms with van der Waals surface area (Å²) in [5, 5.41) is 13.8. The molecule has 0 aliphatic heterocycles. The van der Waals surface area contributed by atoms with E-state index in [9.17, 15) is 4.79 Å². The van der Waals surface area contributed by atoms with Gasteiger partial charge in [-0.1, -0.05) is 19.4 Å². The van der Waals surface area contributed by atoms with Crippen LogP contribution in [0.1, 0.15) is 32.5 Å². The van der Waals surface area contributed by atoms with Gasteiger partial charge in [-0.05, 0) is 25.5 Å². The Labute approximate surface area is 112 Å². The maximum Gasteiger partial charge on any atom is 0.315 e. The van der Waals surface area contributed by atoms with Crippen LogP contribution in [0, 0.1) is 0 Å². The van der Waals surface area contributed by atoms with E-state index in [2.05, 4.69) is 27.8 Å². The third-order valence-corrected chi connectivity index (χ3v) is 2.89. The molecule has 0 unspecified atom stereocenters. The van der Waals surface area contributed by atoms with Crippen molar-refractivity contribution in [2.24, 2.45) is 0 Å². The molecule has 2 N–H and O–H groups in total. The SMILES string of the molecule is CCC[C@@H](C)NC(=O)NCc1nnc2ccccn12. The van der Waals surface area contributed by atoms with Gasteiger partial charge in [-0.3, -0.25) is 4.40 Å². The van der Waals surface area contributed by atoms with Gasteiger partial charge in [0, 0.05) is 12.2 Å². The van der Waals surface area contributed by atoms with Crippen LogP contribution in [-0.2, 0) is 6.54 Å². The molecule has 2 aromatic heterocycles. The molecule has 2 amide bonds. The highest BCUT2D eigenvalue weighted by Gasteiger charge is 2.08. The van der Waals surface area contributed by atoms with Crippen LogP contribution in [0.5, 0.6) is 0 Å². The summed E-state index contributed by atoms with van der Waals surface area (Å²) in [7, 11) is 0. The van der Waals surface area contributed by atoms with Gasteiger partial charge >= 0.3 is 6.03 Å². The fraction of sp³-hybridized carbons (Fsp3) is 0.462. The zero-order valence-corrected chi connectivity index (χ0v) is 11.3. The monoisotopic (exact) mass is 261 g/mol. The predicted molar refractivity (Wildman–Crippen MR) is 72.7 cm³/mol. The molecule has 102 valence electrons. The van der Waals surface area contributed by atoms with Crippen molar-refractivity contribution < 1.29 is 4.79 Å². The van der Waals surface area contributed by atoms with E-state index < -0.39 is 0 Å². The van der Waals surface area contributed by atoms with Crippen LogP contribution >= 0.6 is 0 Å². The average molecular weight is 261 g/mol. The first-order valence-corrected chi connectivity index (χ1v) is 6.53. The van der Waals surface area contributed by atoms with Gasteiger partial charge in [0.05, 0.1) is 6.54 Å². The van der Waals surface area contributed by atoms with Gasteiger partial charge in [-0.15, -0.1) is 10.2 Å². The molecule has 0 aromatic carbocycles. The zero-order valence-electron chi connectivity index (χ0n) is 11.3. The Hall–Kier alpha value is -2.11. The second kappa shape index (κ2) is 6.17. The highest BCUT2D eigenvalue weighted by molar-refractivity contribution is 5.74. The van der Waals surface area contributed by atoms with Gasteiger partial charge < -0.3 is 10.6 Å². The summed E-state index contributed by atoms with van der Waals surface area (Å²) in [5.74, 6) is 0.717. The van der Waals surface area contributed by atoms with Crippen LogP contribution in [0.2, 0.25) is 0 Å². The van der Waals surface area contributed by atoms with Crippen molar-refractivity contribution in [1.82, 2.24) is 25.2 Å². The molecule has 19 heavy (non-hydrogen) atoms. The highest BCUT2D eigenvalue weighted by Crippen LogP contribution is 2.02. The molecule has 2 aromatic rings. The number of urea groups is 1. The number of amides is 2. The predicted octanol–water partition coefficient (Wildman–Crippen LogP) is 1.72. The second-order valence-corrected chi connectivity index (χ2v) is 4.56. The van der Waals surface area contributed by atoms with Crippen molar-refractivity contribution in [3.8, 4) is 0 Å². The van der Waals surface area contributed by atoms with Crippen LogP contribution in [0.15, 0.2) is 24.4 Å². The fourth-order valence-corrected chi connectivity index (χ4v) is 1.95. The Morgan fingerprint density at radius 3 is 3.05 bits per heavy atom. The Morgan fingerprint density at radius 2 is 2.26 bits per heavy atom. The van der Waals surface area contributed by atoms with Crippen molar-refractivity contribution in [3.05, 3.63) is 30.2 Å². The third-order valence-electron chi connectivity index (χ3n) is 2.89. The van der Waals surface area contributed by atoms with E-state index in [0.717, 1.165) is 18.5 Å². The van der Waals surface area contributed by atoms with Crippen molar-refractivity contribution in [2.45, 2.75) is 39.3 Å². The number of carbonyl (C=O) groups is 1. The fourth-order valence-electron chi connectivity index (χ4n) is 1.95. The summed E-state index contributed by atoms with van der Waals surface area (Å²) in [4.78, 5) is 11.7. The zero-order chi connectivity index (χ0) is 13.7. The van der Waals surface area contributed by atoms with E-state index in [1.54, 1.807) is 0 Å². The van der Waals surface area contributed by atoms with Gasteiger partial charge in [0.2, 0.25) is 0 Å². The van der Waals surface area contributed by atoms with Crippen molar-refractivity contribution in [2.75, 3.05) is 0 Å².